The molecular formula is C16H15FO2S. The van der Waals surface area contributed by atoms with Crippen LogP contribution in [0.25, 0.3) is 12.2 Å². The van der Waals surface area contributed by atoms with Crippen molar-refractivity contribution in [3.8, 4) is 0 Å². The van der Waals surface area contributed by atoms with Gasteiger partial charge in [-0.05, 0) is 29.2 Å². The predicted octanol–water partition coefficient (Wildman–Crippen LogP) is 3.76. The topological polar surface area (TPSA) is 37.3 Å². The summed E-state index contributed by atoms with van der Waals surface area (Å²) < 4.78 is 33.1. The van der Waals surface area contributed by atoms with E-state index >= 15 is 0 Å². The molecule has 1 N–H and O–H groups in total. The van der Waals surface area contributed by atoms with Gasteiger partial charge in [-0.3, -0.25) is 0 Å². The summed E-state index contributed by atoms with van der Waals surface area (Å²) >= 11 is -1.89. The van der Waals surface area contributed by atoms with E-state index in [0.29, 0.717) is 5.56 Å². The van der Waals surface area contributed by atoms with Crippen molar-refractivity contribution in [3.63, 3.8) is 0 Å². The molecule has 0 aliphatic carbocycles. The van der Waals surface area contributed by atoms with Crippen LogP contribution in [0.5, 0.6) is 0 Å². The number of hydrogen-bond donors (Lipinski definition) is 1. The van der Waals surface area contributed by atoms with Crippen LogP contribution in [0.1, 0.15) is 16.7 Å². The van der Waals surface area contributed by atoms with Gasteiger partial charge in [-0.15, -0.1) is 0 Å². The summed E-state index contributed by atoms with van der Waals surface area (Å²) in [4.78, 5) is 0. The third-order valence-corrected chi connectivity index (χ3v) is 3.44. The van der Waals surface area contributed by atoms with E-state index in [2.05, 4.69) is 0 Å². The molecule has 0 bridgehead atoms. The first kappa shape index (κ1) is 14.6. The first-order valence-electron chi connectivity index (χ1n) is 6.24. The minimum Gasteiger partial charge on any atom is -0.306 e. The van der Waals surface area contributed by atoms with E-state index in [1.807, 2.05) is 42.5 Å². The van der Waals surface area contributed by atoms with Crippen molar-refractivity contribution in [2.45, 2.75) is 6.42 Å². The van der Waals surface area contributed by atoms with Crippen LogP contribution in [0.3, 0.4) is 0 Å². The fourth-order valence-corrected chi connectivity index (χ4v) is 2.22. The average molecular weight is 290 g/mol. The molecule has 1 atom stereocenters. The molecule has 0 saturated carbocycles. The van der Waals surface area contributed by atoms with Crippen molar-refractivity contribution in [1.29, 1.82) is 0 Å². The molecule has 0 radical (unpaired) electrons. The highest BCUT2D eigenvalue weighted by Gasteiger charge is 2.04. The zero-order chi connectivity index (χ0) is 14.4. The first-order valence-corrected chi connectivity index (χ1v) is 7.52. The lowest BCUT2D eigenvalue weighted by Gasteiger charge is -2.02. The molecule has 20 heavy (non-hydrogen) atoms. The molecule has 0 aromatic heterocycles. The van der Waals surface area contributed by atoms with E-state index in [1.165, 1.54) is 6.07 Å². The summed E-state index contributed by atoms with van der Waals surface area (Å²) in [6.07, 6.45) is 4.02. The zero-order valence-corrected chi connectivity index (χ0v) is 11.6. The average Bonchev–Trinajstić information content (AvgIpc) is 2.45. The summed E-state index contributed by atoms with van der Waals surface area (Å²) in [7, 11) is 0. The molecule has 2 aromatic rings. The highest BCUT2D eigenvalue weighted by Crippen LogP contribution is 2.14. The summed E-state index contributed by atoms with van der Waals surface area (Å²) in [5.41, 5.74) is 2.28. The SMILES string of the molecule is O=S(O)CCc1ccc(/C=C/c2ccccc2)cc1F. The second-order valence-electron chi connectivity index (χ2n) is 4.37. The quantitative estimate of drug-likeness (QED) is 0.672. The fourth-order valence-electron chi connectivity index (χ4n) is 1.82. The number of rotatable bonds is 5. The van der Waals surface area contributed by atoms with Gasteiger partial charge in [0.05, 0.1) is 5.75 Å². The van der Waals surface area contributed by atoms with Crippen LogP contribution < -0.4 is 0 Å². The molecule has 0 heterocycles. The Balaban J connectivity index is 2.09. The van der Waals surface area contributed by atoms with E-state index < -0.39 is 11.1 Å². The van der Waals surface area contributed by atoms with Gasteiger partial charge < -0.3 is 4.55 Å². The van der Waals surface area contributed by atoms with Gasteiger partial charge in [-0.2, -0.15) is 0 Å². The van der Waals surface area contributed by atoms with Crippen molar-refractivity contribution < 1.29 is 13.2 Å². The number of aryl methyl sites for hydroxylation is 1. The second kappa shape index (κ2) is 7.12. The first-order chi connectivity index (χ1) is 9.65. The van der Waals surface area contributed by atoms with E-state index in [-0.39, 0.29) is 18.0 Å². The molecule has 0 spiro atoms. The Morgan fingerprint density at radius 3 is 2.40 bits per heavy atom. The molecule has 0 saturated heterocycles. The van der Waals surface area contributed by atoms with Crippen molar-refractivity contribution in [1.82, 2.24) is 0 Å². The molecule has 104 valence electrons. The Bertz CT molecular complexity index is 624. The third-order valence-electron chi connectivity index (χ3n) is 2.89. The number of benzene rings is 2. The normalized spacial score (nSPS) is 12.7. The van der Waals surface area contributed by atoms with Crippen LogP contribution in [0.4, 0.5) is 4.39 Å². The molecule has 0 fully saturated rings. The van der Waals surface area contributed by atoms with Crippen molar-refractivity contribution in [2.24, 2.45) is 0 Å². The van der Waals surface area contributed by atoms with Gasteiger partial charge in [0, 0.05) is 0 Å². The van der Waals surface area contributed by atoms with Crippen molar-refractivity contribution >= 4 is 23.2 Å². The highest BCUT2D eigenvalue weighted by atomic mass is 32.2. The Kier molecular flexibility index (Phi) is 5.21. The monoisotopic (exact) mass is 290 g/mol. The Hall–Kier alpha value is -1.78. The molecular weight excluding hydrogens is 275 g/mol. The molecule has 0 aliphatic rings. The maximum atomic E-state index is 13.8. The van der Waals surface area contributed by atoms with E-state index in [9.17, 15) is 8.60 Å². The van der Waals surface area contributed by atoms with Crippen molar-refractivity contribution in [3.05, 3.63) is 71.0 Å². The smallest absolute Gasteiger partial charge is 0.153 e. The van der Waals surface area contributed by atoms with Crippen LogP contribution in [0, 0.1) is 5.82 Å². The van der Waals surface area contributed by atoms with Gasteiger partial charge in [0.1, 0.15) is 5.82 Å². The Labute approximate surface area is 120 Å². The number of hydrogen-bond acceptors (Lipinski definition) is 1. The van der Waals surface area contributed by atoms with Crippen LogP contribution in [-0.2, 0) is 17.5 Å². The lowest BCUT2D eigenvalue weighted by atomic mass is 10.1. The standard InChI is InChI=1S/C16H15FO2S/c17-16-12-14(7-6-13-4-2-1-3-5-13)8-9-15(16)10-11-20(18)19/h1-9,12H,10-11H2,(H,18,19)/b7-6+. The third kappa shape index (κ3) is 4.40. The van der Waals surface area contributed by atoms with Gasteiger partial charge in [0.2, 0.25) is 0 Å². The van der Waals surface area contributed by atoms with Gasteiger partial charge in [0.15, 0.2) is 11.1 Å². The molecule has 1 unspecified atom stereocenters. The molecule has 0 amide bonds. The van der Waals surface area contributed by atoms with Gasteiger partial charge >= 0.3 is 0 Å². The van der Waals surface area contributed by atoms with Gasteiger partial charge in [0.25, 0.3) is 0 Å². The minimum absolute atomic E-state index is 0.0517. The fraction of sp³-hybridized carbons (Fsp3) is 0.125. The summed E-state index contributed by atoms with van der Waals surface area (Å²) in [6, 6.07) is 14.7. The van der Waals surface area contributed by atoms with Crippen LogP contribution >= 0.6 is 0 Å². The van der Waals surface area contributed by atoms with E-state index in [1.54, 1.807) is 12.1 Å². The maximum absolute atomic E-state index is 13.8. The van der Waals surface area contributed by atoms with Gasteiger partial charge in [-0.1, -0.05) is 54.6 Å². The Morgan fingerprint density at radius 2 is 1.75 bits per heavy atom. The summed E-state index contributed by atoms with van der Waals surface area (Å²) in [5, 5.41) is 0. The molecule has 0 aliphatic heterocycles. The van der Waals surface area contributed by atoms with Crippen LogP contribution in [-0.4, -0.2) is 14.5 Å². The largest absolute Gasteiger partial charge is 0.306 e. The Morgan fingerprint density at radius 1 is 1.05 bits per heavy atom. The molecule has 2 rings (SSSR count). The van der Waals surface area contributed by atoms with Gasteiger partial charge in [-0.25, -0.2) is 8.60 Å². The zero-order valence-electron chi connectivity index (χ0n) is 10.8. The van der Waals surface area contributed by atoms with Crippen molar-refractivity contribution in [2.75, 3.05) is 5.75 Å². The van der Waals surface area contributed by atoms with Crippen LogP contribution in [0.15, 0.2) is 48.5 Å². The maximum Gasteiger partial charge on any atom is 0.153 e. The second-order valence-corrected chi connectivity index (χ2v) is 5.42. The highest BCUT2D eigenvalue weighted by molar-refractivity contribution is 7.79. The number of halogens is 1. The minimum atomic E-state index is -1.89. The van der Waals surface area contributed by atoms with E-state index in [4.69, 9.17) is 4.55 Å². The lowest BCUT2D eigenvalue weighted by molar-refractivity contribution is 0.562. The lowest BCUT2D eigenvalue weighted by Crippen LogP contribution is -2.01. The summed E-state index contributed by atoms with van der Waals surface area (Å²) in [5.74, 6) is -0.290. The summed E-state index contributed by atoms with van der Waals surface area (Å²) in [6.45, 7) is 0. The molecule has 2 aromatic carbocycles. The predicted molar refractivity (Wildman–Crippen MR) is 81.1 cm³/mol. The molecule has 2 nitrogen and oxygen atoms in total. The molecule has 4 heteroatoms. The van der Waals surface area contributed by atoms with Crippen LogP contribution in [0.2, 0.25) is 0 Å². The van der Waals surface area contributed by atoms with E-state index in [0.717, 1.165) is 11.1 Å².